The highest BCUT2D eigenvalue weighted by atomic mass is 16.2. The van der Waals surface area contributed by atoms with E-state index in [-0.39, 0.29) is 11.8 Å². The molecule has 7 heteroatoms. The van der Waals surface area contributed by atoms with Gasteiger partial charge in [-0.1, -0.05) is 0 Å². The van der Waals surface area contributed by atoms with Crippen molar-refractivity contribution in [1.82, 2.24) is 10.2 Å². The van der Waals surface area contributed by atoms with Gasteiger partial charge < -0.3 is 21.7 Å². The van der Waals surface area contributed by atoms with Gasteiger partial charge in [0.1, 0.15) is 12.1 Å². The zero-order valence-electron chi connectivity index (χ0n) is 9.97. The summed E-state index contributed by atoms with van der Waals surface area (Å²) in [7, 11) is 0. The van der Waals surface area contributed by atoms with Gasteiger partial charge in [-0.3, -0.25) is 14.4 Å². The Labute approximate surface area is 99.5 Å². The molecule has 1 aliphatic heterocycles. The molecular formula is C10H18N4O3. The maximum Gasteiger partial charge on any atom is 0.245 e. The molecule has 1 heterocycles. The van der Waals surface area contributed by atoms with Crippen LogP contribution in [0.15, 0.2) is 0 Å². The summed E-state index contributed by atoms with van der Waals surface area (Å²) in [6, 6.07) is -1.92. The third-order valence-electron chi connectivity index (χ3n) is 2.85. The molecule has 1 rings (SSSR count). The number of amides is 3. The number of nitrogens with one attached hydrogen (secondary N) is 1. The fourth-order valence-electron chi connectivity index (χ4n) is 1.68. The van der Waals surface area contributed by atoms with Gasteiger partial charge in [-0.05, 0) is 20.3 Å². The number of nitrogens with zero attached hydrogens (tertiary/aromatic N) is 1. The van der Waals surface area contributed by atoms with Crippen molar-refractivity contribution in [2.75, 3.05) is 6.54 Å². The Morgan fingerprint density at radius 2 is 2.06 bits per heavy atom. The van der Waals surface area contributed by atoms with Crippen LogP contribution in [0.5, 0.6) is 0 Å². The first-order chi connectivity index (χ1) is 7.84. The molecule has 3 amide bonds. The minimum atomic E-state index is -0.662. The first-order valence-electron chi connectivity index (χ1n) is 5.50. The van der Waals surface area contributed by atoms with Crippen LogP contribution in [0.2, 0.25) is 0 Å². The van der Waals surface area contributed by atoms with E-state index in [1.165, 1.54) is 4.90 Å². The second-order valence-electron chi connectivity index (χ2n) is 4.25. The lowest BCUT2D eigenvalue weighted by molar-refractivity contribution is -0.137. The second kappa shape index (κ2) is 5.13. The van der Waals surface area contributed by atoms with Gasteiger partial charge in [0.2, 0.25) is 17.7 Å². The third-order valence-corrected chi connectivity index (χ3v) is 2.85. The molecule has 96 valence electrons. The van der Waals surface area contributed by atoms with Crippen molar-refractivity contribution < 1.29 is 14.4 Å². The molecule has 0 saturated carbocycles. The number of hydrogen-bond acceptors (Lipinski definition) is 4. The van der Waals surface area contributed by atoms with Crippen LogP contribution >= 0.6 is 0 Å². The number of carbonyl (C=O) groups is 3. The molecule has 0 aliphatic carbocycles. The molecule has 0 radical (unpaired) electrons. The van der Waals surface area contributed by atoms with Crippen molar-refractivity contribution in [3.8, 4) is 0 Å². The summed E-state index contributed by atoms with van der Waals surface area (Å²) >= 11 is 0. The van der Waals surface area contributed by atoms with Crippen LogP contribution in [0.25, 0.3) is 0 Å². The van der Waals surface area contributed by atoms with Crippen LogP contribution in [-0.2, 0) is 14.4 Å². The summed E-state index contributed by atoms with van der Waals surface area (Å²) in [6.07, 6.45) is 0.467. The molecule has 5 N–H and O–H groups in total. The Morgan fingerprint density at radius 1 is 1.47 bits per heavy atom. The first kappa shape index (κ1) is 13.4. The summed E-state index contributed by atoms with van der Waals surface area (Å²) in [5.41, 5.74) is 10.5. The first-order valence-corrected chi connectivity index (χ1v) is 5.50. The molecule has 1 saturated heterocycles. The van der Waals surface area contributed by atoms with Crippen molar-refractivity contribution >= 4 is 17.7 Å². The number of hydrogen-bond donors (Lipinski definition) is 3. The van der Waals surface area contributed by atoms with E-state index in [1.807, 2.05) is 0 Å². The summed E-state index contributed by atoms with van der Waals surface area (Å²) < 4.78 is 0. The number of primary amides is 1. The van der Waals surface area contributed by atoms with E-state index in [0.717, 1.165) is 0 Å². The molecule has 0 bridgehead atoms. The second-order valence-corrected chi connectivity index (χ2v) is 4.25. The lowest BCUT2D eigenvalue weighted by Crippen LogP contribution is -2.50. The molecular weight excluding hydrogens is 224 g/mol. The molecule has 1 aliphatic rings. The molecule has 0 aromatic carbocycles. The zero-order valence-corrected chi connectivity index (χ0v) is 9.97. The third kappa shape index (κ3) is 2.94. The zero-order chi connectivity index (χ0) is 13.2. The molecule has 1 fully saturated rings. The van der Waals surface area contributed by atoms with Crippen LogP contribution < -0.4 is 16.8 Å². The van der Waals surface area contributed by atoms with E-state index >= 15 is 0 Å². The van der Waals surface area contributed by atoms with Crippen LogP contribution in [0, 0.1) is 0 Å². The standard InChI is InChI=1S/C10H18N4O3/c1-5(11)9(16)13-7-3-4-14(10(7)17)6(2)8(12)15/h5-7H,3-4,11H2,1-2H3,(H2,12,15)(H,13,16). The minimum Gasteiger partial charge on any atom is -0.368 e. The van der Waals surface area contributed by atoms with Gasteiger partial charge in [-0.25, -0.2) is 0 Å². The van der Waals surface area contributed by atoms with E-state index in [9.17, 15) is 14.4 Å². The van der Waals surface area contributed by atoms with Crippen molar-refractivity contribution in [1.29, 1.82) is 0 Å². The molecule has 0 spiro atoms. The van der Waals surface area contributed by atoms with Gasteiger partial charge in [0, 0.05) is 6.54 Å². The highest BCUT2D eigenvalue weighted by Gasteiger charge is 2.37. The van der Waals surface area contributed by atoms with Crippen LogP contribution in [0.1, 0.15) is 20.3 Å². The summed E-state index contributed by atoms with van der Waals surface area (Å²) in [6.45, 7) is 3.52. The number of likely N-dealkylation sites (tertiary alicyclic amines) is 1. The summed E-state index contributed by atoms with van der Waals surface area (Å²) in [5, 5.41) is 2.54. The Kier molecular flexibility index (Phi) is 4.06. The minimum absolute atomic E-state index is 0.287. The monoisotopic (exact) mass is 242 g/mol. The number of rotatable bonds is 4. The van der Waals surface area contributed by atoms with Gasteiger partial charge in [-0.2, -0.15) is 0 Å². The maximum atomic E-state index is 11.9. The average Bonchev–Trinajstić information content (AvgIpc) is 2.59. The van der Waals surface area contributed by atoms with E-state index in [4.69, 9.17) is 11.5 Å². The molecule has 0 aromatic heterocycles. The predicted octanol–water partition coefficient (Wildman–Crippen LogP) is -2.08. The smallest absolute Gasteiger partial charge is 0.245 e. The lowest BCUT2D eigenvalue weighted by atomic mass is 10.2. The largest absolute Gasteiger partial charge is 0.368 e. The van der Waals surface area contributed by atoms with Crippen LogP contribution in [0.3, 0.4) is 0 Å². The lowest BCUT2D eigenvalue weighted by Gasteiger charge is -2.22. The Hall–Kier alpha value is -1.63. The molecule has 7 nitrogen and oxygen atoms in total. The number of nitrogens with two attached hydrogens (primary N) is 2. The fourth-order valence-corrected chi connectivity index (χ4v) is 1.68. The van der Waals surface area contributed by atoms with Gasteiger partial charge in [0.05, 0.1) is 6.04 Å². The predicted molar refractivity (Wildman–Crippen MR) is 60.6 cm³/mol. The Morgan fingerprint density at radius 3 is 2.53 bits per heavy atom. The van der Waals surface area contributed by atoms with Gasteiger partial charge in [-0.15, -0.1) is 0 Å². The van der Waals surface area contributed by atoms with Crippen molar-refractivity contribution in [3.63, 3.8) is 0 Å². The Balaban J connectivity index is 2.62. The molecule has 0 aromatic rings. The van der Waals surface area contributed by atoms with E-state index < -0.39 is 24.0 Å². The maximum absolute atomic E-state index is 11.9. The summed E-state index contributed by atoms with van der Waals surface area (Å²) in [5.74, 6) is -1.22. The SMILES string of the molecule is CC(N)C(=O)NC1CCN(C(C)C(N)=O)C1=O. The van der Waals surface area contributed by atoms with Crippen molar-refractivity contribution in [2.24, 2.45) is 11.5 Å². The molecule has 17 heavy (non-hydrogen) atoms. The van der Waals surface area contributed by atoms with Crippen molar-refractivity contribution in [2.45, 2.75) is 38.4 Å². The normalized spacial score (nSPS) is 23.4. The van der Waals surface area contributed by atoms with Gasteiger partial charge in [0.25, 0.3) is 0 Å². The van der Waals surface area contributed by atoms with Gasteiger partial charge >= 0.3 is 0 Å². The van der Waals surface area contributed by atoms with Gasteiger partial charge in [0.15, 0.2) is 0 Å². The van der Waals surface area contributed by atoms with E-state index in [2.05, 4.69) is 5.32 Å². The van der Waals surface area contributed by atoms with Crippen LogP contribution in [-0.4, -0.2) is 47.3 Å². The topological polar surface area (TPSA) is 119 Å². The van der Waals surface area contributed by atoms with Crippen LogP contribution in [0.4, 0.5) is 0 Å². The van der Waals surface area contributed by atoms with E-state index in [1.54, 1.807) is 13.8 Å². The Bertz CT molecular complexity index is 342. The quantitative estimate of drug-likeness (QED) is 0.524. The molecule has 3 atom stereocenters. The summed E-state index contributed by atoms with van der Waals surface area (Å²) in [4.78, 5) is 35.6. The number of carbonyl (C=O) groups excluding carboxylic acids is 3. The average molecular weight is 242 g/mol. The molecule has 3 unspecified atom stereocenters. The highest BCUT2D eigenvalue weighted by molar-refractivity contribution is 5.93. The van der Waals surface area contributed by atoms with Crippen molar-refractivity contribution in [3.05, 3.63) is 0 Å². The highest BCUT2D eigenvalue weighted by Crippen LogP contribution is 2.14. The fraction of sp³-hybridized carbons (Fsp3) is 0.700. The van der Waals surface area contributed by atoms with E-state index in [0.29, 0.717) is 13.0 Å².